The molecule has 3 aromatic heterocycles. The Morgan fingerprint density at radius 3 is 2.82 bits per heavy atom. The third kappa shape index (κ3) is 3.78. The second-order valence-corrected chi connectivity index (χ2v) is 9.28. The van der Waals surface area contributed by atoms with Gasteiger partial charge in [-0.2, -0.15) is 0 Å². The molecule has 1 aliphatic carbocycles. The highest BCUT2D eigenvalue weighted by atomic mass is 19.1. The Bertz CT molecular complexity index is 1310. The summed E-state index contributed by atoms with van der Waals surface area (Å²) in [6.07, 6.45) is 11.1. The molecule has 6 rings (SSSR count). The van der Waals surface area contributed by atoms with Gasteiger partial charge in [0.15, 0.2) is 0 Å². The van der Waals surface area contributed by atoms with Crippen LogP contribution in [0.15, 0.2) is 30.7 Å². The smallest absolute Gasteiger partial charge is 0.141 e. The number of nitrogens with two attached hydrogens (primary N) is 1. The molecule has 0 radical (unpaired) electrons. The van der Waals surface area contributed by atoms with Crippen molar-refractivity contribution in [1.29, 1.82) is 0 Å². The fourth-order valence-corrected chi connectivity index (χ4v) is 5.37. The van der Waals surface area contributed by atoms with Crippen LogP contribution in [0.25, 0.3) is 22.8 Å². The van der Waals surface area contributed by atoms with Gasteiger partial charge in [0, 0.05) is 57.2 Å². The van der Waals surface area contributed by atoms with Crippen LogP contribution in [0, 0.1) is 11.2 Å². The minimum absolute atomic E-state index is 0. The van der Waals surface area contributed by atoms with Crippen LogP contribution < -0.4 is 21.6 Å². The third-order valence-corrected chi connectivity index (χ3v) is 7.22. The molecular weight excluding hydrogens is 415 g/mol. The summed E-state index contributed by atoms with van der Waals surface area (Å²) in [6, 6.07) is 3.90. The molecule has 5 heterocycles. The maximum Gasteiger partial charge on any atom is 0.141 e. The van der Waals surface area contributed by atoms with Crippen molar-refractivity contribution in [2.24, 2.45) is 11.1 Å². The number of likely N-dealkylation sites (tertiary alicyclic amines) is 1. The molecule has 1 saturated heterocycles. The van der Waals surface area contributed by atoms with E-state index in [0.717, 1.165) is 47.5 Å². The summed E-state index contributed by atoms with van der Waals surface area (Å²) in [5.41, 5.74) is 9.87. The lowest BCUT2D eigenvalue weighted by Crippen LogP contribution is -2.48. The van der Waals surface area contributed by atoms with Gasteiger partial charge in [0.2, 0.25) is 0 Å². The number of nitrogens with one attached hydrogen (secondary N) is 2. The van der Waals surface area contributed by atoms with Gasteiger partial charge < -0.3 is 20.9 Å². The van der Waals surface area contributed by atoms with Crippen molar-refractivity contribution in [3.63, 3.8) is 0 Å². The van der Waals surface area contributed by atoms with Crippen LogP contribution in [0.3, 0.4) is 0 Å². The first kappa shape index (κ1) is 21.9. The number of pyridine rings is 2. The Morgan fingerprint density at radius 1 is 1.30 bits per heavy atom. The molecule has 0 aromatic carbocycles. The molecule has 0 bridgehead atoms. The van der Waals surface area contributed by atoms with Crippen LogP contribution in [0.4, 0.5) is 4.39 Å². The predicted octanol–water partition coefficient (Wildman–Crippen LogP) is 2.91. The van der Waals surface area contributed by atoms with E-state index in [1.807, 2.05) is 20.0 Å². The Balaban J connectivity index is 0.000000892. The average Bonchev–Trinajstić information content (AvgIpc) is 3.40. The van der Waals surface area contributed by atoms with Gasteiger partial charge in [0.25, 0.3) is 0 Å². The molecule has 33 heavy (non-hydrogen) atoms. The molecule has 1 saturated carbocycles. The summed E-state index contributed by atoms with van der Waals surface area (Å²) >= 11 is 0. The van der Waals surface area contributed by atoms with Gasteiger partial charge in [-0.15, -0.1) is 0 Å². The van der Waals surface area contributed by atoms with Crippen molar-refractivity contribution in [2.75, 3.05) is 13.1 Å². The van der Waals surface area contributed by atoms with Gasteiger partial charge in [0.1, 0.15) is 11.6 Å². The number of aromatic amines is 1. The van der Waals surface area contributed by atoms with E-state index in [4.69, 9.17) is 5.73 Å². The highest BCUT2D eigenvalue weighted by molar-refractivity contribution is 5.84. The van der Waals surface area contributed by atoms with E-state index in [2.05, 4.69) is 44.2 Å². The molecule has 2 fully saturated rings. The molecule has 6 nitrogen and oxygen atoms in total. The van der Waals surface area contributed by atoms with Gasteiger partial charge >= 0.3 is 0 Å². The Hall–Kier alpha value is -2.93. The van der Waals surface area contributed by atoms with Crippen LogP contribution in [-0.4, -0.2) is 45.0 Å². The van der Waals surface area contributed by atoms with E-state index in [1.165, 1.54) is 29.6 Å². The fourth-order valence-electron chi connectivity index (χ4n) is 5.37. The summed E-state index contributed by atoms with van der Waals surface area (Å²) in [6.45, 7) is 7.97. The topological polar surface area (TPSA) is 82.9 Å². The molecule has 2 unspecified atom stereocenters. The van der Waals surface area contributed by atoms with Crippen molar-refractivity contribution >= 4 is 22.8 Å². The second-order valence-electron chi connectivity index (χ2n) is 9.28. The highest BCUT2D eigenvalue weighted by Crippen LogP contribution is 2.52. The van der Waals surface area contributed by atoms with Crippen molar-refractivity contribution in [3.8, 4) is 0 Å². The van der Waals surface area contributed by atoms with Crippen LogP contribution in [0.5, 0.6) is 0 Å². The molecule has 3 aliphatic rings. The van der Waals surface area contributed by atoms with Gasteiger partial charge in [-0.3, -0.25) is 9.97 Å². The summed E-state index contributed by atoms with van der Waals surface area (Å²) < 4.78 is 13.7. The fraction of sp³-hybridized carbons (Fsp3) is 0.462. The predicted molar refractivity (Wildman–Crippen MR) is 136 cm³/mol. The lowest BCUT2D eigenvalue weighted by Gasteiger charge is -2.29. The maximum absolute atomic E-state index is 13.7. The minimum atomic E-state index is -0.302. The monoisotopic (exact) mass is 454 g/mol. The zero-order valence-corrected chi connectivity index (χ0v) is 19.7. The quantitative estimate of drug-likeness (QED) is 0.565. The maximum atomic E-state index is 13.7. The first-order valence-corrected chi connectivity index (χ1v) is 12.1. The molecule has 180 valence electrons. The summed E-state index contributed by atoms with van der Waals surface area (Å²) in [5.74, 6) is 0.828. The summed E-state index contributed by atoms with van der Waals surface area (Å²) in [7, 11) is 0. The van der Waals surface area contributed by atoms with E-state index in [9.17, 15) is 4.39 Å². The lowest BCUT2D eigenvalue weighted by molar-refractivity contribution is 0.417. The average molecular weight is 455 g/mol. The summed E-state index contributed by atoms with van der Waals surface area (Å²) in [5, 5.41) is 7.26. The number of aromatic nitrogens is 3. The molecule has 2 aliphatic heterocycles. The number of rotatable bonds is 4. The van der Waals surface area contributed by atoms with E-state index >= 15 is 0 Å². The number of H-pyrrole nitrogens is 1. The first-order chi connectivity index (χ1) is 16.1. The second kappa shape index (κ2) is 8.45. The Labute approximate surface area is 198 Å². The van der Waals surface area contributed by atoms with Gasteiger partial charge in [-0.25, -0.2) is 4.39 Å². The third-order valence-electron chi connectivity index (χ3n) is 7.22. The number of fused-ring (bicyclic) bond motifs is 3. The van der Waals surface area contributed by atoms with E-state index in [-0.39, 0.29) is 27.6 Å². The number of hydrogen-bond donors (Lipinski definition) is 3. The van der Waals surface area contributed by atoms with Crippen LogP contribution in [0.2, 0.25) is 0 Å². The van der Waals surface area contributed by atoms with Crippen molar-refractivity contribution in [2.45, 2.75) is 58.5 Å². The Morgan fingerprint density at radius 2 is 2.12 bits per heavy atom. The first-order valence-electron chi connectivity index (χ1n) is 12.1. The zero-order chi connectivity index (χ0) is 23.2. The van der Waals surface area contributed by atoms with E-state index < -0.39 is 0 Å². The number of hydrogen-bond acceptors (Lipinski definition) is 5. The normalized spacial score (nSPS) is 22.5. The molecule has 2 atom stereocenters. The van der Waals surface area contributed by atoms with Gasteiger partial charge in [-0.05, 0) is 49.5 Å². The van der Waals surface area contributed by atoms with E-state index in [0.29, 0.717) is 6.42 Å². The largest absolute Gasteiger partial charge is 0.365 e. The van der Waals surface area contributed by atoms with Crippen LogP contribution in [-0.2, 0) is 12.8 Å². The molecule has 7 heteroatoms. The van der Waals surface area contributed by atoms with Crippen molar-refractivity contribution in [3.05, 3.63) is 58.4 Å². The van der Waals surface area contributed by atoms with Crippen molar-refractivity contribution < 1.29 is 8.67 Å². The molecule has 3 aromatic rings. The van der Waals surface area contributed by atoms with E-state index in [1.54, 1.807) is 12.3 Å². The van der Waals surface area contributed by atoms with Crippen LogP contribution >= 0.6 is 0 Å². The van der Waals surface area contributed by atoms with Crippen LogP contribution in [0.1, 0.15) is 49.2 Å². The molecular formula is C26H39FN6. The van der Waals surface area contributed by atoms with Gasteiger partial charge in [-0.1, -0.05) is 20.8 Å². The molecule has 1 spiro atoms. The highest BCUT2D eigenvalue weighted by Gasteiger charge is 2.54. The van der Waals surface area contributed by atoms with Crippen molar-refractivity contribution in [1.82, 2.24) is 25.2 Å². The SMILES string of the molecule is CC.CCc1nccc2c3c([nH]c12)=CC(Cc1cncc(F)c1)NC=3N1CC(N)C2(CC2)C1.[HH].[HH].[HH]. The van der Waals surface area contributed by atoms with Gasteiger partial charge in [0.05, 0.1) is 23.4 Å². The lowest BCUT2D eigenvalue weighted by atomic mass is 10.0. The molecule has 4 N–H and O–H groups in total. The minimum Gasteiger partial charge on any atom is -0.365 e. The zero-order valence-electron chi connectivity index (χ0n) is 19.7. The number of nitrogens with zero attached hydrogens (tertiary/aromatic N) is 3. The summed E-state index contributed by atoms with van der Waals surface area (Å²) in [4.78, 5) is 14.7. The standard InChI is InChI=1S/C24H27FN6.C2H6.3H2/c1-2-18-22-17(3-6-28-18)21-19(30-22)9-16(8-14-7-15(25)11-27-10-14)29-23(21)31-12-20(26)24(13-31)4-5-24;1-2;;;/h3,6-7,9-11,16,20,29-30H,2,4-5,8,12-13,26H2,1H3;1-2H3;3*1H. The number of aryl methyl sites for hydroxylation is 1. The Kier molecular flexibility index (Phi) is 5.60. The molecule has 0 amide bonds. The number of halogens is 1.